The van der Waals surface area contributed by atoms with Crippen LogP contribution in [0.5, 0.6) is 0 Å². The Labute approximate surface area is 140 Å². The molecule has 2 heterocycles. The molecule has 0 saturated carbocycles. The molecule has 1 amide bonds. The van der Waals surface area contributed by atoms with E-state index in [0.29, 0.717) is 18.9 Å². The number of aliphatic carboxylic acids is 1. The van der Waals surface area contributed by atoms with Gasteiger partial charge in [-0.05, 0) is 42.5 Å². The van der Waals surface area contributed by atoms with Gasteiger partial charge in [-0.1, -0.05) is 19.1 Å². The lowest BCUT2D eigenvalue weighted by molar-refractivity contribution is -0.152. The molecule has 2 atom stereocenters. The maximum Gasteiger partial charge on any atom is 0.326 e. The van der Waals surface area contributed by atoms with Gasteiger partial charge in [0.1, 0.15) is 6.04 Å². The van der Waals surface area contributed by atoms with E-state index in [-0.39, 0.29) is 12.3 Å². The van der Waals surface area contributed by atoms with Crippen LogP contribution in [-0.4, -0.2) is 44.3 Å². The first-order valence-corrected chi connectivity index (χ1v) is 8.16. The van der Waals surface area contributed by atoms with E-state index in [1.54, 1.807) is 10.9 Å². The molecule has 0 radical (unpaired) electrons. The molecule has 1 saturated heterocycles. The molecule has 1 aromatic carbocycles. The number of carboxylic acid groups (broad SMARTS) is 1. The van der Waals surface area contributed by atoms with Gasteiger partial charge in [-0.3, -0.25) is 4.79 Å². The van der Waals surface area contributed by atoms with Gasteiger partial charge in [0.25, 0.3) is 0 Å². The number of benzene rings is 1. The van der Waals surface area contributed by atoms with Crippen LogP contribution in [0.4, 0.5) is 0 Å². The zero-order valence-electron chi connectivity index (χ0n) is 13.6. The van der Waals surface area contributed by atoms with Crippen molar-refractivity contribution >= 4 is 11.9 Å². The summed E-state index contributed by atoms with van der Waals surface area (Å²) in [5, 5.41) is 13.5. The quantitative estimate of drug-likeness (QED) is 0.933. The van der Waals surface area contributed by atoms with Crippen molar-refractivity contribution in [3.63, 3.8) is 0 Å². The fourth-order valence-electron chi connectivity index (χ4n) is 3.14. The van der Waals surface area contributed by atoms with E-state index in [0.717, 1.165) is 17.7 Å². The van der Waals surface area contributed by atoms with Gasteiger partial charge in [-0.15, -0.1) is 0 Å². The first-order chi connectivity index (χ1) is 11.5. The normalized spacial score (nSPS) is 20.8. The molecule has 1 aromatic heterocycles. The summed E-state index contributed by atoms with van der Waals surface area (Å²) in [5.74, 6) is -0.700. The van der Waals surface area contributed by atoms with Crippen LogP contribution in [-0.2, 0) is 16.0 Å². The molecule has 24 heavy (non-hydrogen) atoms. The van der Waals surface area contributed by atoms with Crippen LogP contribution >= 0.6 is 0 Å². The number of piperidine rings is 1. The van der Waals surface area contributed by atoms with Crippen LogP contribution in [0.1, 0.15) is 25.3 Å². The van der Waals surface area contributed by atoms with Crippen LogP contribution in [0.2, 0.25) is 0 Å². The molecule has 0 spiro atoms. The van der Waals surface area contributed by atoms with Crippen molar-refractivity contribution in [1.29, 1.82) is 0 Å². The molecule has 126 valence electrons. The smallest absolute Gasteiger partial charge is 0.326 e. The Hall–Kier alpha value is -2.63. The number of hydrogen-bond donors (Lipinski definition) is 1. The summed E-state index contributed by atoms with van der Waals surface area (Å²) < 4.78 is 1.75. The number of amides is 1. The Bertz CT molecular complexity index is 710. The Morgan fingerprint density at radius 1 is 1.29 bits per heavy atom. The van der Waals surface area contributed by atoms with Gasteiger partial charge in [-0.25, -0.2) is 9.48 Å². The van der Waals surface area contributed by atoms with E-state index >= 15 is 0 Å². The summed E-state index contributed by atoms with van der Waals surface area (Å²) in [6.07, 6.45) is 5.16. The molecule has 1 N–H and O–H groups in total. The standard InChI is InChI=1S/C18H21N3O3/c1-13-7-10-20(16(11-13)18(23)24)17(22)12-14-3-5-15(6-4-14)21-9-2-8-19-21/h2-6,8-9,13,16H,7,10-12H2,1H3,(H,23,24). The topological polar surface area (TPSA) is 75.4 Å². The number of nitrogens with zero attached hydrogens (tertiary/aromatic N) is 3. The first kappa shape index (κ1) is 16.2. The lowest BCUT2D eigenvalue weighted by atomic mass is 9.92. The maximum absolute atomic E-state index is 12.5. The fourth-order valence-corrected chi connectivity index (χ4v) is 3.14. The number of carbonyl (C=O) groups is 2. The van der Waals surface area contributed by atoms with Crippen LogP contribution in [0.15, 0.2) is 42.7 Å². The fraction of sp³-hybridized carbons (Fsp3) is 0.389. The number of hydrogen-bond acceptors (Lipinski definition) is 3. The van der Waals surface area contributed by atoms with E-state index in [2.05, 4.69) is 5.10 Å². The van der Waals surface area contributed by atoms with Crippen LogP contribution < -0.4 is 0 Å². The molecule has 2 aromatic rings. The summed E-state index contributed by atoms with van der Waals surface area (Å²) in [6, 6.07) is 8.73. The summed E-state index contributed by atoms with van der Waals surface area (Å²) in [7, 11) is 0. The van der Waals surface area contributed by atoms with Crippen molar-refractivity contribution < 1.29 is 14.7 Å². The number of carbonyl (C=O) groups excluding carboxylic acids is 1. The molecule has 1 aliphatic rings. The third-order valence-electron chi connectivity index (χ3n) is 4.53. The minimum Gasteiger partial charge on any atom is -0.480 e. The van der Waals surface area contributed by atoms with Gasteiger partial charge in [-0.2, -0.15) is 5.10 Å². The van der Waals surface area contributed by atoms with Crippen molar-refractivity contribution in [2.45, 2.75) is 32.2 Å². The van der Waals surface area contributed by atoms with Gasteiger partial charge in [0.15, 0.2) is 0 Å². The molecule has 1 aliphatic heterocycles. The minimum atomic E-state index is -0.913. The third kappa shape index (κ3) is 3.48. The number of carboxylic acids is 1. The molecule has 6 nitrogen and oxygen atoms in total. The average molecular weight is 327 g/mol. The Kier molecular flexibility index (Phi) is 4.64. The summed E-state index contributed by atoms with van der Waals surface area (Å²) in [5.41, 5.74) is 1.80. The zero-order chi connectivity index (χ0) is 17.1. The van der Waals surface area contributed by atoms with E-state index in [9.17, 15) is 14.7 Å². The highest BCUT2D eigenvalue weighted by atomic mass is 16.4. The molecule has 0 bridgehead atoms. The highest BCUT2D eigenvalue weighted by molar-refractivity contribution is 5.85. The maximum atomic E-state index is 12.5. The van der Waals surface area contributed by atoms with E-state index in [4.69, 9.17) is 0 Å². The summed E-state index contributed by atoms with van der Waals surface area (Å²) in [4.78, 5) is 25.5. The van der Waals surface area contributed by atoms with E-state index in [1.165, 1.54) is 4.90 Å². The van der Waals surface area contributed by atoms with E-state index in [1.807, 2.05) is 43.5 Å². The largest absolute Gasteiger partial charge is 0.480 e. The molecule has 3 rings (SSSR count). The van der Waals surface area contributed by atoms with Gasteiger partial charge < -0.3 is 10.0 Å². The predicted octanol–water partition coefficient (Wildman–Crippen LogP) is 2.13. The minimum absolute atomic E-state index is 0.124. The molecular weight excluding hydrogens is 306 g/mol. The Balaban J connectivity index is 1.68. The molecular formula is C18H21N3O3. The Morgan fingerprint density at radius 3 is 2.67 bits per heavy atom. The highest BCUT2D eigenvalue weighted by Gasteiger charge is 2.34. The van der Waals surface area contributed by atoms with Crippen molar-refractivity contribution in [1.82, 2.24) is 14.7 Å². The first-order valence-electron chi connectivity index (χ1n) is 8.16. The number of rotatable bonds is 4. The second kappa shape index (κ2) is 6.86. The molecule has 0 aliphatic carbocycles. The SMILES string of the molecule is CC1CCN(C(=O)Cc2ccc(-n3cccn3)cc2)C(C(=O)O)C1. The van der Waals surface area contributed by atoms with Gasteiger partial charge in [0.2, 0.25) is 5.91 Å². The zero-order valence-corrected chi connectivity index (χ0v) is 13.6. The summed E-state index contributed by atoms with van der Waals surface area (Å²) >= 11 is 0. The van der Waals surface area contributed by atoms with Crippen molar-refractivity contribution in [3.05, 3.63) is 48.3 Å². The van der Waals surface area contributed by atoms with Crippen molar-refractivity contribution in [2.24, 2.45) is 5.92 Å². The second-order valence-electron chi connectivity index (χ2n) is 6.36. The monoisotopic (exact) mass is 327 g/mol. The molecule has 6 heteroatoms. The lowest BCUT2D eigenvalue weighted by Gasteiger charge is -2.36. The second-order valence-corrected chi connectivity index (χ2v) is 6.36. The number of aromatic nitrogens is 2. The highest BCUT2D eigenvalue weighted by Crippen LogP contribution is 2.23. The average Bonchev–Trinajstić information content (AvgIpc) is 3.09. The predicted molar refractivity (Wildman–Crippen MR) is 88.8 cm³/mol. The van der Waals surface area contributed by atoms with Gasteiger partial charge in [0.05, 0.1) is 12.1 Å². The third-order valence-corrected chi connectivity index (χ3v) is 4.53. The lowest BCUT2D eigenvalue weighted by Crippen LogP contribution is -2.50. The summed E-state index contributed by atoms with van der Waals surface area (Å²) in [6.45, 7) is 2.55. The molecule has 1 fully saturated rings. The van der Waals surface area contributed by atoms with Crippen LogP contribution in [0.3, 0.4) is 0 Å². The van der Waals surface area contributed by atoms with Crippen molar-refractivity contribution in [2.75, 3.05) is 6.54 Å². The van der Waals surface area contributed by atoms with Gasteiger partial charge in [0, 0.05) is 18.9 Å². The molecule has 2 unspecified atom stereocenters. The van der Waals surface area contributed by atoms with Crippen molar-refractivity contribution in [3.8, 4) is 5.69 Å². The van der Waals surface area contributed by atoms with Gasteiger partial charge >= 0.3 is 5.97 Å². The van der Waals surface area contributed by atoms with E-state index < -0.39 is 12.0 Å². The van der Waals surface area contributed by atoms with Crippen LogP contribution in [0, 0.1) is 5.92 Å². The van der Waals surface area contributed by atoms with Crippen LogP contribution in [0.25, 0.3) is 5.69 Å². The number of likely N-dealkylation sites (tertiary alicyclic amines) is 1. The Morgan fingerprint density at radius 2 is 2.04 bits per heavy atom.